The lowest BCUT2D eigenvalue weighted by Gasteiger charge is -2.40. The largest absolute Gasteiger partial charge is 0.497 e. The Hall–Kier alpha value is -3.02. The van der Waals surface area contributed by atoms with E-state index >= 15 is 0 Å². The highest BCUT2D eigenvalue weighted by molar-refractivity contribution is 6.74. The molecule has 45 heavy (non-hydrogen) atoms. The van der Waals surface area contributed by atoms with Gasteiger partial charge in [0.05, 0.1) is 32.0 Å². The minimum absolute atomic E-state index is 0.105. The summed E-state index contributed by atoms with van der Waals surface area (Å²) in [6.07, 6.45) is 0.987. The number of cyclic esters (lactones) is 1. The first-order chi connectivity index (χ1) is 21.1. The maximum atomic E-state index is 14.5. The number of methoxy groups -OCH3 is 1. The van der Waals surface area contributed by atoms with E-state index in [9.17, 15) is 9.59 Å². The van der Waals surface area contributed by atoms with Crippen LogP contribution < -0.4 is 4.74 Å². The first-order valence-electron chi connectivity index (χ1n) is 15.6. The smallest absolute Gasteiger partial charge is 0.417 e. The van der Waals surface area contributed by atoms with Gasteiger partial charge in [-0.3, -0.25) is 4.79 Å². The average molecular weight is 640 g/mol. The Balaban J connectivity index is 1.71. The molecule has 4 rings (SSSR count). The summed E-state index contributed by atoms with van der Waals surface area (Å²) in [6, 6.07) is 16.7. The van der Waals surface area contributed by atoms with E-state index in [0.29, 0.717) is 12.2 Å². The Labute approximate surface area is 268 Å². The van der Waals surface area contributed by atoms with E-state index in [1.165, 1.54) is 4.90 Å². The van der Waals surface area contributed by atoms with Gasteiger partial charge in [-0.15, -0.1) is 0 Å². The van der Waals surface area contributed by atoms with Crippen LogP contribution in [0.25, 0.3) is 0 Å². The van der Waals surface area contributed by atoms with E-state index in [1.54, 1.807) is 7.11 Å². The van der Waals surface area contributed by atoms with E-state index in [4.69, 9.17) is 28.1 Å². The number of imide groups is 1. The summed E-state index contributed by atoms with van der Waals surface area (Å²) < 4.78 is 36.2. The Morgan fingerprint density at radius 2 is 1.73 bits per heavy atom. The molecule has 0 radical (unpaired) electrons. The minimum Gasteiger partial charge on any atom is -0.497 e. The van der Waals surface area contributed by atoms with Gasteiger partial charge in [0.1, 0.15) is 18.5 Å². The van der Waals surface area contributed by atoms with Crippen molar-refractivity contribution in [3.63, 3.8) is 0 Å². The van der Waals surface area contributed by atoms with Gasteiger partial charge in [0.2, 0.25) is 0 Å². The lowest BCUT2D eigenvalue weighted by Crippen LogP contribution is -2.54. The fourth-order valence-electron chi connectivity index (χ4n) is 5.22. The number of ether oxygens (including phenoxy) is 5. The van der Waals surface area contributed by atoms with Crippen molar-refractivity contribution in [2.24, 2.45) is 0 Å². The Bertz CT molecular complexity index is 1320. The van der Waals surface area contributed by atoms with Crippen LogP contribution in [0.15, 0.2) is 66.7 Å². The summed E-state index contributed by atoms with van der Waals surface area (Å²) in [6.45, 7) is 16.6. The molecule has 2 saturated heterocycles. The predicted molar refractivity (Wildman–Crippen MR) is 174 cm³/mol. The third-order valence-corrected chi connectivity index (χ3v) is 13.2. The quantitative estimate of drug-likeness (QED) is 0.188. The number of benzene rings is 2. The molecule has 2 amide bonds. The second-order valence-corrected chi connectivity index (χ2v) is 18.5. The molecule has 2 heterocycles. The number of carbonyl (C=O) groups excluding carboxylic acids is 2. The van der Waals surface area contributed by atoms with E-state index in [2.05, 4.69) is 33.9 Å². The zero-order chi connectivity index (χ0) is 33.0. The molecule has 0 saturated carbocycles. The van der Waals surface area contributed by atoms with Gasteiger partial charge in [0, 0.05) is 0 Å². The lowest BCUT2D eigenvalue weighted by atomic mass is 10.0. The number of hydrogen-bond donors (Lipinski definition) is 0. The number of carbonyl (C=O) groups is 2. The van der Waals surface area contributed by atoms with Crippen LogP contribution >= 0.6 is 0 Å². The van der Waals surface area contributed by atoms with Gasteiger partial charge >= 0.3 is 6.09 Å². The number of nitrogens with zero attached hydrogens (tertiary/aromatic N) is 1. The van der Waals surface area contributed by atoms with Gasteiger partial charge in [-0.2, -0.15) is 0 Å². The molecule has 0 N–H and O–H groups in total. The molecule has 2 aliphatic heterocycles. The van der Waals surface area contributed by atoms with Crippen molar-refractivity contribution in [3.05, 3.63) is 77.9 Å². The number of amides is 2. The fourth-order valence-corrected chi connectivity index (χ4v) is 6.45. The number of hydrogen-bond acceptors (Lipinski definition) is 8. The SMILES string of the molecule is COc1ccc(CO[C@H](C(=O)N2C(=O)OC[C@@H]2Cc2ccccc2)[C@@H](/C=C/[C@@H]2OC(C)(C)O[C@H]2C)O[Si](C)(C)C(C)(C)C)cc1. The van der Waals surface area contributed by atoms with Crippen LogP contribution in [-0.2, 0) is 41.2 Å². The van der Waals surface area contributed by atoms with E-state index in [-0.39, 0.29) is 30.5 Å². The molecule has 2 aromatic carbocycles. The zero-order valence-corrected chi connectivity index (χ0v) is 29.1. The van der Waals surface area contributed by atoms with Gasteiger partial charge in [0.25, 0.3) is 5.91 Å². The molecular weight excluding hydrogens is 590 g/mol. The molecule has 0 aliphatic carbocycles. The van der Waals surface area contributed by atoms with Crippen LogP contribution in [0.1, 0.15) is 52.7 Å². The highest BCUT2D eigenvalue weighted by Gasteiger charge is 2.47. The molecule has 0 unspecified atom stereocenters. The second-order valence-electron chi connectivity index (χ2n) is 13.7. The topological polar surface area (TPSA) is 92.8 Å². The highest BCUT2D eigenvalue weighted by atomic mass is 28.4. The number of rotatable bonds is 12. The zero-order valence-electron chi connectivity index (χ0n) is 28.1. The molecule has 2 fully saturated rings. The molecule has 0 spiro atoms. The molecule has 5 atom stereocenters. The third-order valence-electron chi connectivity index (χ3n) is 8.72. The van der Waals surface area contributed by atoms with Crippen molar-refractivity contribution >= 4 is 20.3 Å². The van der Waals surface area contributed by atoms with Crippen molar-refractivity contribution in [1.29, 1.82) is 0 Å². The molecule has 0 aromatic heterocycles. The molecule has 246 valence electrons. The van der Waals surface area contributed by atoms with Gasteiger partial charge < -0.3 is 28.1 Å². The average Bonchev–Trinajstić information content (AvgIpc) is 3.47. The van der Waals surface area contributed by atoms with Crippen molar-refractivity contribution in [2.75, 3.05) is 13.7 Å². The maximum Gasteiger partial charge on any atom is 0.417 e. The van der Waals surface area contributed by atoms with E-state index < -0.39 is 44.4 Å². The first-order valence-corrected chi connectivity index (χ1v) is 18.5. The molecule has 2 aromatic rings. The Kier molecular flexibility index (Phi) is 11.0. The van der Waals surface area contributed by atoms with Crippen LogP contribution in [0.4, 0.5) is 4.79 Å². The van der Waals surface area contributed by atoms with Crippen LogP contribution in [0, 0.1) is 0 Å². The van der Waals surface area contributed by atoms with Crippen molar-refractivity contribution < 1.29 is 37.7 Å². The van der Waals surface area contributed by atoms with Crippen LogP contribution in [0.3, 0.4) is 0 Å². The van der Waals surface area contributed by atoms with Gasteiger partial charge in [-0.25, -0.2) is 9.69 Å². The van der Waals surface area contributed by atoms with Gasteiger partial charge in [-0.1, -0.05) is 75.4 Å². The van der Waals surface area contributed by atoms with Gasteiger partial charge in [0.15, 0.2) is 20.2 Å². The second kappa shape index (κ2) is 14.2. The monoisotopic (exact) mass is 639 g/mol. The van der Waals surface area contributed by atoms with Crippen LogP contribution in [-0.4, -0.2) is 75.2 Å². The summed E-state index contributed by atoms with van der Waals surface area (Å²) >= 11 is 0. The summed E-state index contributed by atoms with van der Waals surface area (Å²) in [5, 5.41) is -0.159. The van der Waals surface area contributed by atoms with Crippen molar-refractivity contribution in [2.45, 2.75) is 109 Å². The van der Waals surface area contributed by atoms with Crippen LogP contribution in [0.2, 0.25) is 18.1 Å². The summed E-state index contributed by atoms with van der Waals surface area (Å²) in [5.41, 5.74) is 1.84. The minimum atomic E-state index is -2.46. The molecule has 0 bridgehead atoms. The molecule has 9 nitrogen and oxygen atoms in total. The third kappa shape index (κ3) is 8.83. The first kappa shape index (κ1) is 34.8. The van der Waals surface area contributed by atoms with E-state index in [1.807, 2.05) is 87.5 Å². The van der Waals surface area contributed by atoms with Crippen LogP contribution in [0.5, 0.6) is 5.75 Å². The highest BCUT2D eigenvalue weighted by Crippen LogP contribution is 2.39. The van der Waals surface area contributed by atoms with Crippen molar-refractivity contribution in [3.8, 4) is 5.75 Å². The Morgan fingerprint density at radius 1 is 1.07 bits per heavy atom. The summed E-state index contributed by atoms with van der Waals surface area (Å²) in [4.78, 5) is 28.9. The summed E-state index contributed by atoms with van der Waals surface area (Å²) in [7, 11) is -0.852. The fraction of sp³-hybridized carbons (Fsp3) is 0.543. The van der Waals surface area contributed by atoms with Gasteiger partial charge in [-0.05, 0) is 68.6 Å². The predicted octanol–water partition coefficient (Wildman–Crippen LogP) is 6.66. The maximum absolute atomic E-state index is 14.5. The Morgan fingerprint density at radius 3 is 2.31 bits per heavy atom. The van der Waals surface area contributed by atoms with E-state index in [0.717, 1.165) is 11.1 Å². The lowest BCUT2D eigenvalue weighted by molar-refractivity contribution is -0.148. The molecule has 10 heteroatoms. The van der Waals surface area contributed by atoms with Crippen molar-refractivity contribution in [1.82, 2.24) is 4.90 Å². The summed E-state index contributed by atoms with van der Waals surface area (Å²) in [5.74, 6) is -0.529. The normalized spacial score (nSPS) is 23.3. The standard InChI is InChI=1S/C35H49NO8Si/c1-24-29(43-35(5,6)42-24)19-20-30(44-45(8,9)34(2,3)4)31(40-22-26-15-17-28(39-7)18-16-26)32(37)36-27(23-41-33(36)38)21-25-13-11-10-12-14-25/h10-20,24,27,29-31H,21-23H2,1-9H3/b20-19+/t24-,27-,29-,30+,31-/m0/s1. The molecular formula is C35H49NO8Si. The molecule has 2 aliphatic rings.